The summed E-state index contributed by atoms with van der Waals surface area (Å²) in [5.41, 5.74) is 2.82. The van der Waals surface area contributed by atoms with Crippen LogP contribution in [0.25, 0.3) is 0 Å². The molecule has 1 aliphatic rings. The van der Waals surface area contributed by atoms with Crippen molar-refractivity contribution in [1.82, 2.24) is 24.9 Å². The Kier molecular flexibility index (Phi) is 7.82. The van der Waals surface area contributed by atoms with Crippen molar-refractivity contribution in [3.63, 3.8) is 0 Å². The van der Waals surface area contributed by atoms with Crippen molar-refractivity contribution in [1.29, 1.82) is 0 Å². The summed E-state index contributed by atoms with van der Waals surface area (Å²) in [5, 5.41) is 9.85. The molecular weight excluding hydrogens is 433 g/mol. The van der Waals surface area contributed by atoms with Crippen LogP contribution in [0.15, 0.2) is 18.2 Å². The Morgan fingerprint density at radius 1 is 1.17 bits per heavy atom. The number of hydrogen-bond donors (Lipinski definition) is 1. The fourth-order valence-corrected chi connectivity index (χ4v) is 4.21. The molecule has 6 nitrogen and oxygen atoms in total. The van der Waals surface area contributed by atoms with E-state index < -0.39 is 0 Å². The third-order valence-electron chi connectivity index (χ3n) is 5.24. The maximum atomic E-state index is 11.4. The normalized spacial score (nSPS) is 15.1. The molecule has 0 saturated carbocycles. The van der Waals surface area contributed by atoms with Gasteiger partial charge in [-0.05, 0) is 24.6 Å². The van der Waals surface area contributed by atoms with Crippen molar-refractivity contribution in [3.8, 4) is 0 Å². The van der Waals surface area contributed by atoms with E-state index in [1.165, 1.54) is 0 Å². The van der Waals surface area contributed by atoms with E-state index in [-0.39, 0.29) is 5.91 Å². The number of nitrogens with one attached hydrogen (secondary N) is 1. The highest BCUT2D eigenvalue weighted by atomic mass is 35.5. The SMILES string of the molecule is CC(=O)N1CCN(CCNCc2c(C)nn(Cc3ccc(Cl)cc3Cl)c2Cl)CC1. The average Bonchev–Trinajstić information content (AvgIpc) is 2.95. The van der Waals surface area contributed by atoms with E-state index in [4.69, 9.17) is 34.8 Å². The number of piperazine rings is 1. The first kappa shape index (κ1) is 22.4. The smallest absolute Gasteiger partial charge is 0.219 e. The molecule has 0 bridgehead atoms. The number of amides is 1. The van der Waals surface area contributed by atoms with E-state index >= 15 is 0 Å². The minimum absolute atomic E-state index is 0.157. The van der Waals surface area contributed by atoms with Crippen molar-refractivity contribution in [3.05, 3.63) is 50.2 Å². The highest BCUT2D eigenvalue weighted by Crippen LogP contribution is 2.25. The van der Waals surface area contributed by atoms with Crippen LogP contribution in [0.4, 0.5) is 0 Å². The van der Waals surface area contributed by atoms with Crippen LogP contribution in [0, 0.1) is 6.92 Å². The summed E-state index contributed by atoms with van der Waals surface area (Å²) in [6.45, 7) is 9.99. The number of halogens is 3. The third-order valence-corrected chi connectivity index (χ3v) is 6.25. The van der Waals surface area contributed by atoms with Gasteiger partial charge in [0.2, 0.25) is 5.91 Å². The average molecular weight is 459 g/mol. The van der Waals surface area contributed by atoms with E-state index in [2.05, 4.69) is 15.3 Å². The lowest BCUT2D eigenvalue weighted by atomic mass is 10.2. The largest absolute Gasteiger partial charge is 0.340 e. The van der Waals surface area contributed by atoms with Crippen LogP contribution in [0.5, 0.6) is 0 Å². The molecule has 1 amide bonds. The number of carbonyl (C=O) groups is 1. The summed E-state index contributed by atoms with van der Waals surface area (Å²) in [7, 11) is 0. The summed E-state index contributed by atoms with van der Waals surface area (Å²) < 4.78 is 1.77. The third kappa shape index (κ3) is 5.86. The summed E-state index contributed by atoms with van der Waals surface area (Å²) in [6, 6.07) is 5.43. The van der Waals surface area contributed by atoms with Crippen LogP contribution < -0.4 is 5.32 Å². The van der Waals surface area contributed by atoms with Gasteiger partial charge < -0.3 is 10.2 Å². The zero-order valence-corrected chi connectivity index (χ0v) is 19.0. The molecule has 158 valence electrons. The summed E-state index contributed by atoms with van der Waals surface area (Å²) >= 11 is 18.8. The molecule has 1 fully saturated rings. The number of carbonyl (C=O) groups excluding carboxylic acids is 1. The molecule has 0 atom stereocenters. The zero-order valence-electron chi connectivity index (χ0n) is 16.7. The molecule has 0 spiro atoms. The fraction of sp³-hybridized carbons (Fsp3) is 0.500. The molecule has 1 aromatic heterocycles. The Morgan fingerprint density at radius 3 is 2.55 bits per heavy atom. The standard InChI is InChI=1S/C20H26Cl3N5O/c1-14-18(12-24-5-6-26-7-9-27(10-8-26)15(2)29)20(23)28(25-14)13-16-3-4-17(21)11-19(16)22/h3-4,11,24H,5-10,12-13H2,1-2H3. The van der Waals surface area contributed by atoms with E-state index in [0.29, 0.717) is 28.3 Å². The molecule has 0 unspecified atom stereocenters. The van der Waals surface area contributed by atoms with Crippen LogP contribution in [0.2, 0.25) is 15.2 Å². The van der Waals surface area contributed by atoms with Gasteiger partial charge in [-0.3, -0.25) is 9.69 Å². The van der Waals surface area contributed by atoms with Gasteiger partial charge >= 0.3 is 0 Å². The minimum atomic E-state index is 0.157. The lowest BCUT2D eigenvalue weighted by Crippen LogP contribution is -2.49. The molecule has 1 aromatic carbocycles. The number of rotatable bonds is 7. The van der Waals surface area contributed by atoms with Crippen LogP contribution in [0.3, 0.4) is 0 Å². The molecule has 0 radical (unpaired) electrons. The van der Waals surface area contributed by atoms with Gasteiger partial charge in [0.05, 0.1) is 12.2 Å². The van der Waals surface area contributed by atoms with Gasteiger partial charge in [0.1, 0.15) is 5.15 Å². The lowest BCUT2D eigenvalue weighted by molar-refractivity contribution is -0.130. The van der Waals surface area contributed by atoms with Gasteiger partial charge in [0.15, 0.2) is 0 Å². The topological polar surface area (TPSA) is 53.4 Å². The molecule has 1 saturated heterocycles. The van der Waals surface area contributed by atoms with Crippen LogP contribution in [-0.4, -0.2) is 64.8 Å². The Balaban J connectivity index is 1.50. The Hall–Kier alpha value is -1.31. The second-order valence-electron chi connectivity index (χ2n) is 7.27. The first-order chi connectivity index (χ1) is 13.8. The number of aryl methyl sites for hydroxylation is 1. The van der Waals surface area contributed by atoms with Crippen molar-refractivity contribution in [2.24, 2.45) is 0 Å². The minimum Gasteiger partial charge on any atom is -0.340 e. The molecule has 2 heterocycles. The highest BCUT2D eigenvalue weighted by Gasteiger charge is 2.18. The summed E-state index contributed by atoms with van der Waals surface area (Å²) in [4.78, 5) is 15.7. The highest BCUT2D eigenvalue weighted by molar-refractivity contribution is 6.35. The molecule has 1 N–H and O–H groups in total. The Morgan fingerprint density at radius 2 is 1.90 bits per heavy atom. The monoisotopic (exact) mass is 457 g/mol. The van der Waals surface area contributed by atoms with Gasteiger partial charge in [0.25, 0.3) is 0 Å². The molecule has 0 aliphatic carbocycles. The molecule has 29 heavy (non-hydrogen) atoms. The van der Waals surface area contributed by atoms with Crippen LogP contribution in [-0.2, 0) is 17.9 Å². The van der Waals surface area contributed by atoms with Crippen molar-refractivity contribution < 1.29 is 4.79 Å². The Labute approximate surface area is 186 Å². The first-order valence-electron chi connectivity index (χ1n) is 9.69. The number of aromatic nitrogens is 2. The number of hydrogen-bond acceptors (Lipinski definition) is 4. The summed E-state index contributed by atoms with van der Waals surface area (Å²) in [6.07, 6.45) is 0. The fourth-order valence-electron chi connectivity index (χ4n) is 3.44. The van der Waals surface area contributed by atoms with Crippen LogP contribution >= 0.6 is 34.8 Å². The van der Waals surface area contributed by atoms with E-state index in [0.717, 1.165) is 56.1 Å². The molecular formula is C20H26Cl3N5O. The van der Waals surface area contributed by atoms with Crippen LogP contribution in [0.1, 0.15) is 23.7 Å². The van der Waals surface area contributed by atoms with Gasteiger partial charge in [0, 0.05) is 68.3 Å². The first-order valence-corrected chi connectivity index (χ1v) is 10.8. The number of benzene rings is 1. The predicted molar refractivity (Wildman–Crippen MR) is 118 cm³/mol. The number of nitrogens with zero attached hydrogens (tertiary/aromatic N) is 4. The molecule has 9 heteroatoms. The molecule has 1 aliphatic heterocycles. The van der Waals surface area contributed by atoms with Gasteiger partial charge in [-0.2, -0.15) is 5.10 Å². The zero-order chi connectivity index (χ0) is 21.0. The van der Waals surface area contributed by atoms with E-state index in [1.54, 1.807) is 17.7 Å². The maximum Gasteiger partial charge on any atom is 0.219 e. The van der Waals surface area contributed by atoms with Gasteiger partial charge in [-0.25, -0.2) is 4.68 Å². The molecule has 2 aromatic rings. The second kappa shape index (κ2) is 10.1. The van der Waals surface area contributed by atoms with Crippen molar-refractivity contribution in [2.75, 3.05) is 39.3 Å². The van der Waals surface area contributed by atoms with E-state index in [1.807, 2.05) is 24.0 Å². The quantitative estimate of drug-likeness (QED) is 0.646. The second-order valence-corrected chi connectivity index (χ2v) is 8.47. The van der Waals surface area contributed by atoms with Crippen molar-refractivity contribution >= 4 is 40.7 Å². The lowest BCUT2D eigenvalue weighted by Gasteiger charge is -2.34. The predicted octanol–water partition coefficient (Wildman–Crippen LogP) is 3.45. The van der Waals surface area contributed by atoms with Gasteiger partial charge in [-0.15, -0.1) is 0 Å². The van der Waals surface area contributed by atoms with Gasteiger partial charge in [-0.1, -0.05) is 40.9 Å². The summed E-state index contributed by atoms with van der Waals surface area (Å²) in [5.74, 6) is 0.157. The maximum absolute atomic E-state index is 11.4. The van der Waals surface area contributed by atoms with Crippen molar-refractivity contribution in [2.45, 2.75) is 26.9 Å². The molecule has 3 rings (SSSR count). The van der Waals surface area contributed by atoms with E-state index in [9.17, 15) is 4.79 Å². The Bertz CT molecular complexity index is 862.